The van der Waals surface area contributed by atoms with Gasteiger partial charge in [0.15, 0.2) is 0 Å². The van der Waals surface area contributed by atoms with Gasteiger partial charge >= 0.3 is 0 Å². The van der Waals surface area contributed by atoms with Gasteiger partial charge in [0.2, 0.25) is 5.91 Å². The SMILES string of the molecule is CC(C)[C@@H](Sc1ccccc1O)C(=O)N1CCOCC1. The number of phenolic OH excluding ortho intramolecular Hbond substituents is 1. The van der Waals surface area contributed by atoms with Gasteiger partial charge in [-0.05, 0) is 18.1 Å². The fraction of sp³-hybridized carbons (Fsp3) is 0.533. The number of para-hydroxylation sites is 1. The van der Waals surface area contributed by atoms with Gasteiger partial charge in [-0.25, -0.2) is 0 Å². The molecule has 1 aromatic carbocycles. The number of carbonyl (C=O) groups is 1. The zero-order chi connectivity index (χ0) is 14.5. The van der Waals surface area contributed by atoms with Gasteiger partial charge in [0.05, 0.1) is 18.5 Å². The Bertz CT molecular complexity index is 458. The number of nitrogens with zero attached hydrogens (tertiary/aromatic N) is 1. The Hall–Kier alpha value is -1.20. The molecule has 5 heteroatoms. The van der Waals surface area contributed by atoms with E-state index in [4.69, 9.17) is 4.74 Å². The van der Waals surface area contributed by atoms with Crippen LogP contribution in [0.25, 0.3) is 0 Å². The van der Waals surface area contributed by atoms with Gasteiger partial charge in [0.1, 0.15) is 5.75 Å². The molecule has 1 amide bonds. The number of rotatable bonds is 4. The van der Waals surface area contributed by atoms with Gasteiger partial charge in [-0.1, -0.05) is 26.0 Å². The number of morpholine rings is 1. The van der Waals surface area contributed by atoms with Crippen molar-refractivity contribution in [1.82, 2.24) is 4.90 Å². The summed E-state index contributed by atoms with van der Waals surface area (Å²) in [4.78, 5) is 15.2. The first-order valence-corrected chi connectivity index (χ1v) is 7.78. The van der Waals surface area contributed by atoms with E-state index in [0.29, 0.717) is 26.3 Å². The Morgan fingerprint density at radius 3 is 2.55 bits per heavy atom. The Balaban J connectivity index is 2.10. The second kappa shape index (κ2) is 6.99. The van der Waals surface area contributed by atoms with E-state index in [2.05, 4.69) is 0 Å². The number of hydrogen-bond donors (Lipinski definition) is 1. The molecule has 0 aromatic heterocycles. The van der Waals surface area contributed by atoms with E-state index >= 15 is 0 Å². The molecule has 0 saturated carbocycles. The second-order valence-electron chi connectivity index (χ2n) is 5.19. The van der Waals surface area contributed by atoms with Crippen LogP contribution < -0.4 is 0 Å². The Kier molecular flexibility index (Phi) is 5.31. The number of amides is 1. The molecular formula is C15H21NO3S. The summed E-state index contributed by atoms with van der Waals surface area (Å²) in [6.45, 7) is 6.61. The van der Waals surface area contributed by atoms with Crippen molar-refractivity contribution in [2.45, 2.75) is 24.0 Å². The van der Waals surface area contributed by atoms with E-state index in [1.165, 1.54) is 11.8 Å². The van der Waals surface area contributed by atoms with Crippen molar-refractivity contribution < 1.29 is 14.6 Å². The van der Waals surface area contributed by atoms with E-state index in [9.17, 15) is 9.90 Å². The van der Waals surface area contributed by atoms with Crippen LogP contribution in [0.15, 0.2) is 29.2 Å². The van der Waals surface area contributed by atoms with Gasteiger partial charge in [-0.2, -0.15) is 0 Å². The molecule has 1 heterocycles. The average molecular weight is 295 g/mol. The smallest absolute Gasteiger partial charge is 0.236 e. The van der Waals surface area contributed by atoms with Crippen molar-refractivity contribution in [2.75, 3.05) is 26.3 Å². The highest BCUT2D eigenvalue weighted by Crippen LogP contribution is 2.35. The number of phenols is 1. The largest absolute Gasteiger partial charge is 0.507 e. The molecule has 20 heavy (non-hydrogen) atoms. The molecule has 0 unspecified atom stereocenters. The summed E-state index contributed by atoms with van der Waals surface area (Å²) in [5.74, 6) is 0.574. The zero-order valence-electron chi connectivity index (χ0n) is 11.9. The lowest BCUT2D eigenvalue weighted by Crippen LogP contribution is -2.46. The summed E-state index contributed by atoms with van der Waals surface area (Å²) in [5.41, 5.74) is 0. The molecule has 2 rings (SSSR count). The van der Waals surface area contributed by atoms with Gasteiger partial charge in [-0.15, -0.1) is 11.8 Å². The number of thioether (sulfide) groups is 1. The number of aromatic hydroxyl groups is 1. The molecule has 1 N–H and O–H groups in total. The topological polar surface area (TPSA) is 49.8 Å². The minimum Gasteiger partial charge on any atom is -0.507 e. The predicted octanol–water partition coefficient (Wildman–Crippen LogP) is 2.37. The molecule has 1 atom stereocenters. The lowest BCUT2D eigenvalue weighted by atomic mass is 10.1. The van der Waals surface area contributed by atoms with Crippen LogP contribution in [0.3, 0.4) is 0 Å². The van der Waals surface area contributed by atoms with Gasteiger partial charge in [0, 0.05) is 18.0 Å². The van der Waals surface area contributed by atoms with Crippen LogP contribution in [0, 0.1) is 5.92 Å². The monoisotopic (exact) mass is 295 g/mol. The van der Waals surface area contributed by atoms with E-state index in [-0.39, 0.29) is 22.8 Å². The summed E-state index contributed by atoms with van der Waals surface area (Å²) in [7, 11) is 0. The van der Waals surface area contributed by atoms with Crippen LogP contribution in [0.2, 0.25) is 0 Å². The zero-order valence-corrected chi connectivity index (χ0v) is 12.7. The van der Waals surface area contributed by atoms with E-state index < -0.39 is 0 Å². The summed E-state index contributed by atoms with van der Waals surface area (Å²) in [6.07, 6.45) is 0. The van der Waals surface area contributed by atoms with Crippen LogP contribution in [-0.4, -0.2) is 47.5 Å². The molecule has 1 aromatic rings. The fourth-order valence-electron chi connectivity index (χ4n) is 2.13. The van der Waals surface area contributed by atoms with Gasteiger partial charge in [0.25, 0.3) is 0 Å². The van der Waals surface area contributed by atoms with E-state index in [0.717, 1.165) is 4.90 Å². The van der Waals surface area contributed by atoms with Crippen LogP contribution >= 0.6 is 11.8 Å². The highest BCUT2D eigenvalue weighted by atomic mass is 32.2. The molecule has 1 fully saturated rings. The minimum atomic E-state index is -0.179. The number of hydrogen-bond acceptors (Lipinski definition) is 4. The highest BCUT2D eigenvalue weighted by molar-refractivity contribution is 8.00. The molecule has 1 aliphatic rings. The summed E-state index contributed by atoms with van der Waals surface area (Å²) in [6, 6.07) is 7.16. The maximum Gasteiger partial charge on any atom is 0.236 e. The first-order valence-electron chi connectivity index (χ1n) is 6.91. The quantitative estimate of drug-likeness (QED) is 0.866. The molecule has 4 nitrogen and oxygen atoms in total. The molecule has 0 aliphatic carbocycles. The predicted molar refractivity (Wildman–Crippen MR) is 80.0 cm³/mol. The van der Waals surface area contributed by atoms with Gasteiger partial charge < -0.3 is 14.7 Å². The van der Waals surface area contributed by atoms with Crippen molar-refractivity contribution in [3.8, 4) is 5.75 Å². The lowest BCUT2D eigenvalue weighted by Gasteiger charge is -2.31. The van der Waals surface area contributed by atoms with Crippen LogP contribution in [-0.2, 0) is 9.53 Å². The Labute approximate surface area is 124 Å². The number of benzene rings is 1. The molecule has 1 saturated heterocycles. The van der Waals surface area contributed by atoms with Crippen LogP contribution in [0.4, 0.5) is 0 Å². The average Bonchev–Trinajstić information content (AvgIpc) is 2.46. The van der Waals surface area contributed by atoms with Crippen LogP contribution in [0.5, 0.6) is 5.75 Å². The highest BCUT2D eigenvalue weighted by Gasteiger charge is 2.29. The summed E-state index contributed by atoms with van der Waals surface area (Å²) in [5, 5.41) is 9.69. The fourth-order valence-corrected chi connectivity index (χ4v) is 3.27. The normalized spacial score (nSPS) is 17.2. The number of carbonyl (C=O) groups excluding carboxylic acids is 1. The van der Waals surface area contributed by atoms with Gasteiger partial charge in [-0.3, -0.25) is 4.79 Å². The van der Waals surface area contributed by atoms with E-state index in [1.807, 2.05) is 30.9 Å². The van der Waals surface area contributed by atoms with E-state index in [1.54, 1.807) is 12.1 Å². The molecule has 110 valence electrons. The minimum absolute atomic E-state index is 0.136. The third kappa shape index (κ3) is 3.67. The summed E-state index contributed by atoms with van der Waals surface area (Å²) < 4.78 is 5.29. The van der Waals surface area contributed by atoms with Crippen molar-refractivity contribution in [3.63, 3.8) is 0 Å². The first kappa shape index (κ1) is 15.2. The third-order valence-electron chi connectivity index (χ3n) is 3.29. The maximum atomic E-state index is 12.6. The lowest BCUT2D eigenvalue weighted by molar-refractivity contribution is -0.135. The molecule has 0 spiro atoms. The third-order valence-corrected chi connectivity index (χ3v) is 4.89. The van der Waals surface area contributed by atoms with Crippen molar-refractivity contribution >= 4 is 17.7 Å². The second-order valence-corrected chi connectivity index (χ2v) is 6.37. The number of ether oxygens (including phenoxy) is 1. The van der Waals surface area contributed by atoms with Crippen LogP contribution in [0.1, 0.15) is 13.8 Å². The summed E-state index contributed by atoms with van der Waals surface area (Å²) >= 11 is 1.44. The molecule has 1 aliphatic heterocycles. The molecule has 0 bridgehead atoms. The van der Waals surface area contributed by atoms with Crippen molar-refractivity contribution in [3.05, 3.63) is 24.3 Å². The van der Waals surface area contributed by atoms with Crippen molar-refractivity contribution in [2.24, 2.45) is 5.92 Å². The Morgan fingerprint density at radius 1 is 1.30 bits per heavy atom. The Morgan fingerprint density at radius 2 is 1.95 bits per heavy atom. The molecule has 0 radical (unpaired) electrons. The maximum absolute atomic E-state index is 12.6. The molecular weight excluding hydrogens is 274 g/mol. The first-order chi connectivity index (χ1) is 9.59. The standard InChI is InChI=1S/C15H21NO3S/c1-11(2)14(15(18)16-7-9-19-10-8-16)20-13-6-4-3-5-12(13)17/h3-6,11,14,17H,7-10H2,1-2H3/t14-/m1/s1. The van der Waals surface area contributed by atoms with Crippen molar-refractivity contribution in [1.29, 1.82) is 0 Å².